The highest BCUT2D eigenvalue weighted by molar-refractivity contribution is 6.08. The predicted octanol–water partition coefficient (Wildman–Crippen LogP) is 7.54. The molecule has 3 aromatic carbocycles. The minimum atomic E-state index is -0.300. The molecular weight excluding hydrogens is 522 g/mol. The normalized spacial score (nSPS) is 18.1. The molecule has 1 unspecified atom stereocenters. The predicted molar refractivity (Wildman–Crippen MR) is 172 cm³/mol. The number of urea groups is 1. The first-order chi connectivity index (χ1) is 20.3. The van der Waals surface area contributed by atoms with E-state index in [1.165, 1.54) is 29.5 Å². The van der Waals surface area contributed by atoms with Crippen LogP contribution >= 0.6 is 0 Å². The number of morpholine rings is 1. The Hall–Kier alpha value is -3.94. The molecule has 4 aromatic rings. The summed E-state index contributed by atoms with van der Waals surface area (Å²) < 4.78 is 7.39. The number of aryl methyl sites for hydroxylation is 1. The molecule has 0 spiro atoms. The van der Waals surface area contributed by atoms with Gasteiger partial charge in [0.15, 0.2) is 0 Å². The van der Waals surface area contributed by atoms with E-state index in [4.69, 9.17) is 9.84 Å². The number of anilines is 2. The number of hydrogen-bond donors (Lipinski definition) is 2. The van der Waals surface area contributed by atoms with E-state index in [1.54, 1.807) is 4.68 Å². The number of fused-ring (bicyclic) bond motifs is 1. The molecule has 7 nitrogen and oxygen atoms in total. The van der Waals surface area contributed by atoms with Crippen LogP contribution in [0.15, 0.2) is 72.8 Å². The number of aromatic nitrogens is 2. The van der Waals surface area contributed by atoms with Gasteiger partial charge in [-0.3, -0.25) is 10.2 Å². The highest BCUT2D eigenvalue weighted by Crippen LogP contribution is 2.36. The number of rotatable bonds is 5. The van der Waals surface area contributed by atoms with E-state index in [-0.39, 0.29) is 11.4 Å². The van der Waals surface area contributed by atoms with Crippen molar-refractivity contribution in [3.05, 3.63) is 89.6 Å². The van der Waals surface area contributed by atoms with E-state index in [2.05, 4.69) is 85.7 Å². The lowest BCUT2D eigenvalue weighted by atomic mass is 9.87. The molecule has 2 aliphatic rings. The summed E-state index contributed by atoms with van der Waals surface area (Å²) in [5.74, 6) is 0.628. The van der Waals surface area contributed by atoms with Gasteiger partial charge in [0.2, 0.25) is 0 Å². The first kappa shape index (κ1) is 28.2. The zero-order valence-electron chi connectivity index (χ0n) is 25.1. The number of nitrogens with one attached hydrogen (secondary N) is 2. The van der Waals surface area contributed by atoms with E-state index in [1.807, 2.05) is 30.3 Å². The quantitative estimate of drug-likeness (QED) is 0.263. The van der Waals surface area contributed by atoms with Crippen LogP contribution < -0.4 is 10.6 Å². The summed E-state index contributed by atoms with van der Waals surface area (Å²) in [5, 5.41) is 13.2. The van der Waals surface area contributed by atoms with Crippen molar-refractivity contribution >= 4 is 33.9 Å². The molecule has 1 fully saturated rings. The molecule has 0 bridgehead atoms. The molecule has 42 heavy (non-hydrogen) atoms. The van der Waals surface area contributed by atoms with E-state index >= 15 is 0 Å². The molecule has 1 aliphatic heterocycles. The molecule has 1 aliphatic carbocycles. The Kier molecular flexibility index (Phi) is 7.88. The van der Waals surface area contributed by atoms with Gasteiger partial charge in [-0.25, -0.2) is 9.48 Å². The number of nitrogens with zero attached hydrogens (tertiary/aromatic N) is 3. The zero-order chi connectivity index (χ0) is 29.3. The monoisotopic (exact) mass is 563 g/mol. The number of carbonyl (C=O) groups excluding carboxylic acids is 1. The standard InChI is InChI=1S/C35H41N5O2/c1-24-12-14-26(15-13-24)40-33(23-32(38-40)35(2,3)4)37-34(41)36-31-17-16-28(29-10-5-6-11-30(29)31)25-8-7-9-27(22-25)39-18-20-42-21-19-39/h5-6,10-17,22-23,27H,7-9,18-21H2,1-4H3,(H2,36,37,41). The second kappa shape index (κ2) is 11.7. The Bertz CT molecular complexity index is 1610. The van der Waals surface area contributed by atoms with Gasteiger partial charge < -0.3 is 10.1 Å². The van der Waals surface area contributed by atoms with Crippen molar-refractivity contribution in [2.75, 3.05) is 36.9 Å². The third kappa shape index (κ3) is 5.98. The van der Waals surface area contributed by atoms with Crippen LogP contribution in [-0.4, -0.2) is 53.1 Å². The Morgan fingerprint density at radius 2 is 1.69 bits per heavy atom. The Morgan fingerprint density at radius 3 is 2.43 bits per heavy atom. The van der Waals surface area contributed by atoms with Crippen LogP contribution in [0.3, 0.4) is 0 Å². The minimum Gasteiger partial charge on any atom is -0.379 e. The topological polar surface area (TPSA) is 71.4 Å². The van der Waals surface area contributed by atoms with Crippen molar-refractivity contribution in [3.8, 4) is 5.69 Å². The van der Waals surface area contributed by atoms with Crippen LogP contribution in [0.5, 0.6) is 0 Å². The molecule has 1 atom stereocenters. The molecule has 1 aromatic heterocycles. The maximum absolute atomic E-state index is 13.4. The third-order valence-electron chi connectivity index (χ3n) is 8.37. The van der Waals surface area contributed by atoms with E-state index in [9.17, 15) is 4.79 Å². The van der Waals surface area contributed by atoms with Crippen molar-refractivity contribution in [2.45, 2.75) is 58.4 Å². The van der Waals surface area contributed by atoms with Crippen LogP contribution in [0.1, 0.15) is 56.9 Å². The molecule has 0 saturated carbocycles. The molecule has 218 valence electrons. The zero-order valence-corrected chi connectivity index (χ0v) is 25.1. The van der Waals surface area contributed by atoms with E-state index in [0.29, 0.717) is 11.9 Å². The Balaban J connectivity index is 1.27. The van der Waals surface area contributed by atoms with Crippen molar-refractivity contribution in [1.29, 1.82) is 0 Å². The van der Waals surface area contributed by atoms with Crippen LogP contribution in [-0.2, 0) is 10.2 Å². The van der Waals surface area contributed by atoms with Gasteiger partial charge in [-0.05, 0) is 60.9 Å². The van der Waals surface area contributed by atoms with Gasteiger partial charge in [-0.15, -0.1) is 0 Å². The first-order valence-electron chi connectivity index (χ1n) is 15.1. The number of ether oxygens (including phenoxy) is 1. The lowest BCUT2D eigenvalue weighted by Gasteiger charge is -2.35. The molecular formula is C35H41N5O2. The number of hydrogen-bond acceptors (Lipinski definition) is 4. The third-order valence-corrected chi connectivity index (χ3v) is 8.37. The SMILES string of the molecule is Cc1ccc(-n2nc(C(C)(C)C)cc2NC(=O)Nc2ccc(C3=CC(N4CCOCC4)CCC3)c3ccccc23)cc1. The number of amides is 2. The molecule has 2 amide bonds. The Morgan fingerprint density at radius 1 is 0.952 bits per heavy atom. The summed E-state index contributed by atoms with van der Waals surface area (Å²) in [7, 11) is 0. The fourth-order valence-corrected chi connectivity index (χ4v) is 6.00. The molecule has 6 rings (SSSR count). The average molecular weight is 564 g/mol. The van der Waals surface area contributed by atoms with Crippen LogP contribution in [0.25, 0.3) is 22.0 Å². The van der Waals surface area contributed by atoms with Crippen LogP contribution in [0.2, 0.25) is 0 Å². The molecule has 2 N–H and O–H groups in total. The van der Waals surface area contributed by atoms with Gasteiger partial charge >= 0.3 is 6.03 Å². The second-order valence-electron chi connectivity index (χ2n) is 12.5. The second-order valence-corrected chi connectivity index (χ2v) is 12.5. The molecule has 1 saturated heterocycles. The fourth-order valence-electron chi connectivity index (χ4n) is 6.00. The van der Waals surface area contributed by atoms with Gasteiger partial charge in [0, 0.05) is 36.0 Å². The molecule has 2 heterocycles. The van der Waals surface area contributed by atoms with E-state index < -0.39 is 0 Å². The average Bonchev–Trinajstić information content (AvgIpc) is 3.42. The van der Waals surface area contributed by atoms with Gasteiger partial charge in [-0.1, -0.05) is 74.9 Å². The number of carbonyl (C=O) groups is 1. The molecule has 0 radical (unpaired) electrons. The highest BCUT2D eigenvalue weighted by Gasteiger charge is 2.24. The minimum absolute atomic E-state index is 0.163. The summed E-state index contributed by atoms with van der Waals surface area (Å²) >= 11 is 0. The Labute approximate surface area is 248 Å². The summed E-state index contributed by atoms with van der Waals surface area (Å²) in [6.45, 7) is 12.0. The maximum atomic E-state index is 13.4. The lowest BCUT2D eigenvalue weighted by molar-refractivity contribution is 0.0234. The number of benzene rings is 3. The van der Waals surface area contributed by atoms with Crippen molar-refractivity contribution < 1.29 is 9.53 Å². The summed E-state index contributed by atoms with van der Waals surface area (Å²) in [5.41, 5.74) is 6.24. The fraction of sp³-hybridized carbons (Fsp3) is 0.371. The van der Waals surface area contributed by atoms with Crippen LogP contribution in [0.4, 0.5) is 16.3 Å². The summed E-state index contributed by atoms with van der Waals surface area (Å²) in [6, 6.07) is 22.8. The van der Waals surface area contributed by atoms with Gasteiger partial charge in [0.05, 0.1) is 30.3 Å². The van der Waals surface area contributed by atoms with Crippen molar-refractivity contribution in [2.24, 2.45) is 0 Å². The summed E-state index contributed by atoms with van der Waals surface area (Å²) in [4.78, 5) is 16.0. The maximum Gasteiger partial charge on any atom is 0.324 e. The smallest absolute Gasteiger partial charge is 0.324 e. The lowest BCUT2D eigenvalue weighted by Crippen LogP contribution is -2.43. The van der Waals surface area contributed by atoms with Gasteiger partial charge in [0.1, 0.15) is 5.82 Å². The van der Waals surface area contributed by atoms with E-state index in [0.717, 1.165) is 60.6 Å². The first-order valence-corrected chi connectivity index (χ1v) is 15.1. The number of allylic oxidation sites excluding steroid dienone is 1. The summed E-state index contributed by atoms with van der Waals surface area (Å²) in [6.07, 6.45) is 5.90. The molecule has 7 heteroatoms. The highest BCUT2D eigenvalue weighted by atomic mass is 16.5. The van der Waals surface area contributed by atoms with Gasteiger partial charge in [-0.2, -0.15) is 5.10 Å². The largest absolute Gasteiger partial charge is 0.379 e. The van der Waals surface area contributed by atoms with Crippen molar-refractivity contribution in [1.82, 2.24) is 14.7 Å². The van der Waals surface area contributed by atoms with Crippen LogP contribution in [0, 0.1) is 6.92 Å². The van der Waals surface area contributed by atoms with Gasteiger partial charge in [0.25, 0.3) is 0 Å². The van der Waals surface area contributed by atoms with Crippen molar-refractivity contribution in [3.63, 3.8) is 0 Å².